The summed E-state index contributed by atoms with van der Waals surface area (Å²) in [6, 6.07) is 9.12. The fraction of sp³-hybridized carbons (Fsp3) is 0. The van der Waals surface area contributed by atoms with E-state index in [-0.39, 0.29) is 0 Å². The second kappa shape index (κ2) is 1.58. The number of oxazole rings is 1. The van der Waals surface area contributed by atoms with Gasteiger partial charge in [0.2, 0.25) is 0 Å². The number of hydrogen-bond donors (Lipinski definition) is 0. The highest BCUT2D eigenvalue weighted by atomic mass is 16.3. The van der Waals surface area contributed by atoms with Crippen molar-refractivity contribution in [1.29, 1.82) is 0 Å². The van der Waals surface area contributed by atoms with Crippen molar-refractivity contribution >= 4 is 11.1 Å². The van der Waals surface area contributed by atoms with Crippen LogP contribution in [0.5, 0.6) is 0 Å². The van der Waals surface area contributed by atoms with E-state index in [1.165, 1.54) is 6.39 Å². The zero-order valence-corrected chi connectivity index (χ0v) is 4.59. The van der Waals surface area contributed by atoms with Crippen molar-refractivity contribution in [3.8, 4) is 0 Å². The van der Waals surface area contributed by atoms with Crippen LogP contribution in [0.4, 0.5) is 0 Å². The van der Waals surface area contributed by atoms with Gasteiger partial charge in [-0.25, -0.2) is 4.98 Å². The molecule has 0 aliphatic carbocycles. The molecule has 0 spiro atoms. The quantitative estimate of drug-likeness (QED) is 0.521. The average molecular weight is 117 g/mol. The SMILES string of the molecule is [c]1c[c]c2ocnc2c1. The van der Waals surface area contributed by atoms with Gasteiger partial charge in [-0.2, -0.15) is 0 Å². The van der Waals surface area contributed by atoms with Crippen LogP contribution in [0.3, 0.4) is 0 Å². The van der Waals surface area contributed by atoms with Crippen LogP contribution in [0.1, 0.15) is 0 Å². The zero-order valence-electron chi connectivity index (χ0n) is 4.59. The average Bonchev–Trinajstić information content (AvgIpc) is 2.33. The molecule has 1 heterocycles. The third-order valence-corrected chi connectivity index (χ3v) is 1.10. The van der Waals surface area contributed by atoms with E-state index in [1.807, 2.05) is 0 Å². The third-order valence-electron chi connectivity index (χ3n) is 1.10. The molecule has 2 nitrogen and oxygen atoms in total. The van der Waals surface area contributed by atoms with Crippen LogP contribution in [-0.4, -0.2) is 4.98 Å². The normalized spacial score (nSPS) is 10.2. The lowest BCUT2D eigenvalue weighted by molar-refractivity contribution is 0.601. The minimum Gasteiger partial charge on any atom is -0.443 e. The number of nitrogens with zero attached hydrogens (tertiary/aromatic N) is 1. The van der Waals surface area contributed by atoms with Gasteiger partial charge in [-0.3, -0.25) is 0 Å². The number of rotatable bonds is 0. The van der Waals surface area contributed by atoms with Crippen molar-refractivity contribution in [2.45, 2.75) is 0 Å². The largest absolute Gasteiger partial charge is 0.443 e. The van der Waals surface area contributed by atoms with Gasteiger partial charge in [0.15, 0.2) is 12.0 Å². The molecule has 42 valence electrons. The maximum absolute atomic E-state index is 4.93. The molecule has 9 heavy (non-hydrogen) atoms. The van der Waals surface area contributed by atoms with Crippen LogP contribution in [-0.2, 0) is 0 Å². The van der Waals surface area contributed by atoms with Crippen LogP contribution < -0.4 is 0 Å². The summed E-state index contributed by atoms with van der Waals surface area (Å²) >= 11 is 0. The first kappa shape index (κ1) is 4.56. The second-order valence-corrected chi connectivity index (χ2v) is 1.67. The summed E-state index contributed by atoms with van der Waals surface area (Å²) in [5.74, 6) is 0. The molecule has 1 aromatic heterocycles. The lowest BCUT2D eigenvalue weighted by Gasteiger charge is -1.77. The molecule has 0 N–H and O–H groups in total. The van der Waals surface area contributed by atoms with Gasteiger partial charge in [-0.05, 0) is 18.2 Å². The molecule has 0 saturated carbocycles. The van der Waals surface area contributed by atoms with Crippen LogP contribution in [0.15, 0.2) is 22.9 Å². The lowest BCUT2D eigenvalue weighted by Crippen LogP contribution is -1.63. The van der Waals surface area contributed by atoms with E-state index in [1.54, 1.807) is 12.1 Å². The molecule has 2 rings (SSSR count). The molecule has 0 fully saturated rings. The summed E-state index contributed by atoms with van der Waals surface area (Å²) in [6.07, 6.45) is 1.40. The first-order valence-electron chi connectivity index (χ1n) is 2.58. The zero-order chi connectivity index (χ0) is 6.10. The van der Waals surface area contributed by atoms with Gasteiger partial charge < -0.3 is 4.42 Å². The summed E-state index contributed by atoms with van der Waals surface area (Å²) in [7, 11) is 0. The Morgan fingerprint density at radius 2 is 2.56 bits per heavy atom. The second-order valence-electron chi connectivity index (χ2n) is 1.67. The Morgan fingerprint density at radius 3 is 3.44 bits per heavy atom. The van der Waals surface area contributed by atoms with Crippen molar-refractivity contribution in [2.24, 2.45) is 0 Å². The monoisotopic (exact) mass is 117 g/mol. The number of benzene rings is 1. The first-order chi connectivity index (χ1) is 4.47. The minimum absolute atomic E-state index is 0.689. The third kappa shape index (κ3) is 0.598. The Hall–Kier alpha value is -1.31. The Bertz CT molecular complexity index is 283. The minimum atomic E-state index is 0.689. The van der Waals surface area contributed by atoms with E-state index in [0.717, 1.165) is 5.52 Å². The van der Waals surface area contributed by atoms with Crippen molar-refractivity contribution in [1.82, 2.24) is 4.98 Å². The van der Waals surface area contributed by atoms with Gasteiger partial charge in [-0.15, -0.1) is 0 Å². The summed E-state index contributed by atoms with van der Waals surface area (Å²) in [4.78, 5) is 3.89. The highest BCUT2D eigenvalue weighted by molar-refractivity contribution is 5.70. The smallest absolute Gasteiger partial charge is 0.182 e. The van der Waals surface area contributed by atoms with Crippen LogP contribution in [0.25, 0.3) is 11.1 Å². The van der Waals surface area contributed by atoms with Gasteiger partial charge in [0.1, 0.15) is 5.52 Å². The molecule has 0 unspecified atom stereocenters. The van der Waals surface area contributed by atoms with E-state index in [4.69, 9.17) is 4.42 Å². The summed E-state index contributed by atoms with van der Waals surface area (Å²) in [5.41, 5.74) is 1.49. The number of fused-ring (bicyclic) bond motifs is 1. The maximum atomic E-state index is 4.93. The molecule has 1 aromatic carbocycles. The topological polar surface area (TPSA) is 26.0 Å². The van der Waals surface area contributed by atoms with Crippen molar-refractivity contribution in [3.05, 3.63) is 30.7 Å². The molecule has 0 atom stereocenters. The molecule has 0 amide bonds. The molecule has 0 aliphatic rings. The molecule has 2 aromatic rings. The van der Waals surface area contributed by atoms with E-state index in [9.17, 15) is 0 Å². The lowest BCUT2D eigenvalue weighted by atomic mass is 10.3. The van der Waals surface area contributed by atoms with Crippen LogP contribution in [0.2, 0.25) is 0 Å². The Balaban J connectivity index is 2.95. The van der Waals surface area contributed by atoms with Crippen LogP contribution >= 0.6 is 0 Å². The number of aromatic nitrogens is 1. The van der Waals surface area contributed by atoms with Gasteiger partial charge in [0, 0.05) is 6.07 Å². The summed E-state index contributed by atoms with van der Waals surface area (Å²) in [6.45, 7) is 0. The highest BCUT2D eigenvalue weighted by Crippen LogP contribution is 2.07. The molecule has 0 aliphatic heterocycles. The fourth-order valence-electron chi connectivity index (χ4n) is 0.693. The number of hydrogen-bond acceptors (Lipinski definition) is 2. The standard InChI is InChI=1S/C7H3NO/c1-2-4-7-6(3-1)8-5-9-7/h2-3,5H. The Morgan fingerprint density at radius 1 is 1.56 bits per heavy atom. The molecule has 0 bridgehead atoms. The van der Waals surface area contributed by atoms with E-state index >= 15 is 0 Å². The molecular formula is C7H3NO. The van der Waals surface area contributed by atoms with Crippen molar-refractivity contribution in [2.75, 3.05) is 0 Å². The van der Waals surface area contributed by atoms with Crippen molar-refractivity contribution < 1.29 is 4.42 Å². The van der Waals surface area contributed by atoms with Gasteiger partial charge in [0.05, 0.1) is 0 Å². The van der Waals surface area contributed by atoms with Gasteiger partial charge in [0.25, 0.3) is 0 Å². The van der Waals surface area contributed by atoms with Crippen LogP contribution in [0, 0.1) is 12.1 Å². The molecule has 2 heteroatoms. The summed E-state index contributed by atoms with van der Waals surface area (Å²) in [5, 5.41) is 0. The predicted octanol–water partition coefficient (Wildman–Crippen LogP) is 1.43. The first-order valence-corrected chi connectivity index (χ1v) is 2.58. The van der Waals surface area contributed by atoms with E-state index in [0.29, 0.717) is 5.58 Å². The predicted molar refractivity (Wildman–Crippen MR) is 31.7 cm³/mol. The van der Waals surface area contributed by atoms with Gasteiger partial charge >= 0.3 is 0 Å². The Labute approximate surface area is 52.1 Å². The van der Waals surface area contributed by atoms with E-state index < -0.39 is 0 Å². The Kier molecular flexibility index (Phi) is 0.803. The molecule has 0 saturated heterocycles. The molecular weight excluding hydrogens is 114 g/mol. The maximum Gasteiger partial charge on any atom is 0.182 e. The molecule has 2 radical (unpaired) electrons. The fourth-order valence-corrected chi connectivity index (χ4v) is 0.693. The highest BCUT2D eigenvalue weighted by Gasteiger charge is 1.92. The van der Waals surface area contributed by atoms with E-state index in [2.05, 4.69) is 17.1 Å². The van der Waals surface area contributed by atoms with Crippen molar-refractivity contribution in [3.63, 3.8) is 0 Å². The summed E-state index contributed by atoms with van der Waals surface area (Å²) < 4.78 is 4.93. The van der Waals surface area contributed by atoms with Gasteiger partial charge in [-0.1, -0.05) is 0 Å².